The molecule has 1 heterocycles. The van der Waals surface area contributed by atoms with E-state index >= 15 is 0 Å². The molecule has 3 rings (SSSR count). The van der Waals surface area contributed by atoms with Crippen LogP contribution in [0.25, 0.3) is 0 Å². The van der Waals surface area contributed by atoms with Gasteiger partial charge in [0.2, 0.25) is 11.8 Å². The van der Waals surface area contributed by atoms with E-state index in [4.69, 9.17) is 0 Å². The van der Waals surface area contributed by atoms with Gasteiger partial charge in [-0.1, -0.05) is 75.4 Å². The number of aryl methyl sites for hydroxylation is 1. The van der Waals surface area contributed by atoms with Crippen LogP contribution in [0.2, 0.25) is 0 Å². The molecule has 1 aliphatic rings. The molecule has 0 spiro atoms. The lowest BCUT2D eigenvalue weighted by molar-refractivity contribution is -0.141. The maximum absolute atomic E-state index is 13.5. The van der Waals surface area contributed by atoms with Crippen molar-refractivity contribution in [3.63, 3.8) is 0 Å². The molecule has 2 amide bonds. The van der Waals surface area contributed by atoms with Gasteiger partial charge in [-0.3, -0.25) is 9.59 Å². The van der Waals surface area contributed by atoms with Crippen molar-refractivity contribution in [1.82, 2.24) is 10.2 Å². The minimum atomic E-state index is -0.456. The van der Waals surface area contributed by atoms with Gasteiger partial charge in [0, 0.05) is 26.1 Å². The molecule has 4 nitrogen and oxygen atoms in total. The summed E-state index contributed by atoms with van der Waals surface area (Å²) < 4.78 is 0. The molecule has 1 saturated heterocycles. The van der Waals surface area contributed by atoms with Crippen molar-refractivity contribution in [3.8, 4) is 0 Å². The second-order valence-electron chi connectivity index (χ2n) is 9.60. The smallest absolute Gasteiger partial charge is 0.226 e. The molecule has 0 bridgehead atoms. The summed E-state index contributed by atoms with van der Waals surface area (Å²) in [7, 11) is 0. The molecule has 0 radical (unpaired) electrons. The van der Waals surface area contributed by atoms with E-state index in [1.54, 1.807) is 0 Å². The van der Waals surface area contributed by atoms with Crippen molar-refractivity contribution >= 4 is 11.8 Å². The number of benzene rings is 2. The molecule has 172 valence electrons. The first-order valence-electron chi connectivity index (χ1n) is 12.1. The lowest BCUT2D eigenvalue weighted by atomic mass is 9.72. The summed E-state index contributed by atoms with van der Waals surface area (Å²) in [6.07, 6.45) is 4.59. The highest BCUT2D eigenvalue weighted by molar-refractivity contribution is 5.84. The van der Waals surface area contributed by atoms with Crippen molar-refractivity contribution in [3.05, 3.63) is 71.3 Å². The van der Waals surface area contributed by atoms with Crippen LogP contribution < -0.4 is 5.32 Å². The van der Waals surface area contributed by atoms with Crippen LogP contribution in [0.15, 0.2) is 54.6 Å². The molecule has 4 heteroatoms. The van der Waals surface area contributed by atoms with Gasteiger partial charge in [-0.05, 0) is 54.7 Å². The number of carbonyl (C=O) groups is 2. The number of nitrogens with one attached hydrogen (secondary N) is 1. The number of hydrogen-bond acceptors (Lipinski definition) is 2. The van der Waals surface area contributed by atoms with Crippen molar-refractivity contribution in [1.29, 1.82) is 0 Å². The molecular formula is C28H38N2O2. The highest BCUT2D eigenvalue weighted by Crippen LogP contribution is 2.36. The van der Waals surface area contributed by atoms with Crippen LogP contribution in [0.3, 0.4) is 0 Å². The molecule has 0 saturated carbocycles. The van der Waals surface area contributed by atoms with Crippen LogP contribution in [0.4, 0.5) is 0 Å². The van der Waals surface area contributed by atoms with Crippen LogP contribution in [-0.4, -0.2) is 36.3 Å². The summed E-state index contributed by atoms with van der Waals surface area (Å²) in [5, 5.41) is 3.22. The SMILES string of the molecule is CCc1ccc(CCNC(=O)C2(Cc3ccccc3)CCN(C(=O)CC(C)C)CC2)cc1. The van der Waals surface area contributed by atoms with Gasteiger partial charge >= 0.3 is 0 Å². The van der Waals surface area contributed by atoms with Gasteiger partial charge in [0.25, 0.3) is 0 Å². The third-order valence-electron chi connectivity index (χ3n) is 6.65. The Balaban J connectivity index is 1.64. The number of piperidine rings is 1. The van der Waals surface area contributed by atoms with Gasteiger partial charge in [-0.15, -0.1) is 0 Å². The summed E-state index contributed by atoms with van der Waals surface area (Å²) in [6, 6.07) is 18.9. The quantitative estimate of drug-likeness (QED) is 0.616. The van der Waals surface area contributed by atoms with E-state index in [0.29, 0.717) is 44.8 Å². The molecule has 0 atom stereocenters. The van der Waals surface area contributed by atoms with E-state index in [-0.39, 0.29) is 11.8 Å². The molecule has 0 aromatic heterocycles. The lowest BCUT2D eigenvalue weighted by Crippen LogP contribution is -2.51. The predicted octanol–water partition coefficient (Wildman–Crippen LogP) is 4.81. The second kappa shape index (κ2) is 11.3. The van der Waals surface area contributed by atoms with E-state index < -0.39 is 5.41 Å². The fraction of sp³-hybridized carbons (Fsp3) is 0.500. The fourth-order valence-electron chi connectivity index (χ4n) is 4.58. The number of carbonyl (C=O) groups excluding carboxylic acids is 2. The Kier molecular flexibility index (Phi) is 8.49. The number of hydrogen-bond donors (Lipinski definition) is 1. The van der Waals surface area contributed by atoms with Crippen LogP contribution >= 0.6 is 0 Å². The van der Waals surface area contributed by atoms with E-state index in [0.717, 1.165) is 19.3 Å². The maximum Gasteiger partial charge on any atom is 0.226 e. The Labute approximate surface area is 193 Å². The molecule has 2 aromatic carbocycles. The Morgan fingerprint density at radius 3 is 2.16 bits per heavy atom. The minimum absolute atomic E-state index is 0.127. The molecule has 0 unspecified atom stereocenters. The first-order valence-corrected chi connectivity index (χ1v) is 12.1. The Hall–Kier alpha value is -2.62. The Bertz CT molecular complexity index is 866. The van der Waals surface area contributed by atoms with Gasteiger partial charge in [0.05, 0.1) is 5.41 Å². The highest BCUT2D eigenvalue weighted by Gasteiger charge is 2.42. The van der Waals surface area contributed by atoms with Crippen LogP contribution in [0.1, 0.15) is 56.7 Å². The zero-order valence-corrected chi connectivity index (χ0v) is 19.9. The molecule has 32 heavy (non-hydrogen) atoms. The van der Waals surface area contributed by atoms with Crippen LogP contribution in [0.5, 0.6) is 0 Å². The number of nitrogens with zero attached hydrogens (tertiary/aromatic N) is 1. The summed E-state index contributed by atoms with van der Waals surface area (Å²) >= 11 is 0. The predicted molar refractivity (Wildman–Crippen MR) is 130 cm³/mol. The second-order valence-corrected chi connectivity index (χ2v) is 9.60. The van der Waals surface area contributed by atoms with Crippen molar-refractivity contribution in [2.75, 3.05) is 19.6 Å². The standard InChI is InChI=1S/C28H38N2O2/c1-4-23-10-12-24(13-11-23)14-17-29-27(32)28(21-25-8-6-5-7-9-25)15-18-30(19-16-28)26(31)20-22(2)3/h5-13,22H,4,14-21H2,1-3H3,(H,29,32). The first-order chi connectivity index (χ1) is 15.4. The summed E-state index contributed by atoms with van der Waals surface area (Å²) in [5.41, 5.74) is 3.30. The van der Waals surface area contributed by atoms with E-state index in [1.165, 1.54) is 16.7 Å². The number of amides is 2. The number of rotatable bonds is 9. The minimum Gasteiger partial charge on any atom is -0.355 e. The molecule has 1 N–H and O–H groups in total. The summed E-state index contributed by atoms with van der Waals surface area (Å²) in [5.74, 6) is 0.694. The van der Waals surface area contributed by atoms with E-state index in [1.807, 2.05) is 23.1 Å². The van der Waals surface area contributed by atoms with Crippen LogP contribution in [0, 0.1) is 11.3 Å². The van der Waals surface area contributed by atoms with Crippen molar-refractivity contribution in [2.24, 2.45) is 11.3 Å². The molecule has 1 aliphatic heterocycles. The van der Waals surface area contributed by atoms with Crippen LogP contribution in [-0.2, 0) is 28.9 Å². The molecule has 0 aliphatic carbocycles. The van der Waals surface area contributed by atoms with Crippen molar-refractivity contribution < 1.29 is 9.59 Å². The maximum atomic E-state index is 13.5. The molecular weight excluding hydrogens is 396 g/mol. The average Bonchev–Trinajstić information content (AvgIpc) is 2.80. The van der Waals surface area contributed by atoms with Crippen molar-refractivity contribution in [2.45, 2.75) is 59.3 Å². The van der Waals surface area contributed by atoms with E-state index in [2.05, 4.69) is 62.5 Å². The Morgan fingerprint density at radius 1 is 0.938 bits per heavy atom. The van der Waals surface area contributed by atoms with Gasteiger partial charge in [-0.2, -0.15) is 0 Å². The molecule has 1 fully saturated rings. The Morgan fingerprint density at radius 2 is 1.56 bits per heavy atom. The van der Waals surface area contributed by atoms with Gasteiger partial charge in [0.1, 0.15) is 0 Å². The first kappa shape index (κ1) is 24.0. The van der Waals surface area contributed by atoms with Gasteiger partial charge < -0.3 is 10.2 Å². The molecule has 2 aromatic rings. The number of likely N-dealkylation sites (tertiary alicyclic amines) is 1. The zero-order chi connectivity index (χ0) is 23.0. The monoisotopic (exact) mass is 434 g/mol. The van der Waals surface area contributed by atoms with E-state index in [9.17, 15) is 9.59 Å². The highest BCUT2D eigenvalue weighted by atomic mass is 16.2. The van der Waals surface area contributed by atoms with Gasteiger partial charge in [-0.25, -0.2) is 0 Å². The normalized spacial score (nSPS) is 15.6. The van der Waals surface area contributed by atoms with Gasteiger partial charge in [0.15, 0.2) is 0 Å². The average molecular weight is 435 g/mol. The third-order valence-corrected chi connectivity index (χ3v) is 6.65. The zero-order valence-electron chi connectivity index (χ0n) is 19.9. The third kappa shape index (κ3) is 6.44. The largest absolute Gasteiger partial charge is 0.355 e. The topological polar surface area (TPSA) is 49.4 Å². The summed E-state index contributed by atoms with van der Waals surface area (Å²) in [6.45, 7) is 8.25. The fourth-order valence-corrected chi connectivity index (χ4v) is 4.58. The lowest BCUT2D eigenvalue weighted by Gasteiger charge is -2.41. The summed E-state index contributed by atoms with van der Waals surface area (Å²) in [4.78, 5) is 28.0.